The van der Waals surface area contributed by atoms with Crippen LogP contribution in [-0.2, 0) is 0 Å². The summed E-state index contributed by atoms with van der Waals surface area (Å²) in [4.78, 5) is 0. The van der Waals surface area contributed by atoms with Gasteiger partial charge in [-0.3, -0.25) is 0 Å². The average molecular weight is 183 g/mol. The van der Waals surface area contributed by atoms with E-state index in [1.54, 1.807) is 0 Å². The van der Waals surface area contributed by atoms with Crippen LogP contribution in [0.3, 0.4) is 0 Å². The molecule has 0 radical (unpaired) electrons. The van der Waals surface area contributed by atoms with Crippen molar-refractivity contribution in [2.75, 3.05) is 0 Å². The van der Waals surface area contributed by atoms with Crippen molar-refractivity contribution in [1.29, 1.82) is 0 Å². The molecule has 6 heavy (non-hydrogen) atoms. The molecular formula is CClF3Se. The standard InChI is InChI=1S/CClF3Se/c2-6-1(3,4)5. The van der Waals surface area contributed by atoms with Gasteiger partial charge in [0.25, 0.3) is 0 Å². The molecule has 0 saturated heterocycles. The van der Waals surface area contributed by atoms with Gasteiger partial charge < -0.3 is 0 Å². The normalized spacial score (nSPS) is 12.0. The van der Waals surface area contributed by atoms with Gasteiger partial charge in [-0.1, -0.05) is 0 Å². The Morgan fingerprint density at radius 1 is 1.33 bits per heavy atom. The zero-order valence-corrected chi connectivity index (χ0v) is 4.89. The molecule has 0 atom stereocenters. The quantitative estimate of drug-likeness (QED) is 0.498. The molecule has 0 rings (SSSR count). The fourth-order valence-corrected chi connectivity index (χ4v) is 0. The molecule has 0 aliphatic heterocycles. The van der Waals surface area contributed by atoms with Crippen LogP contribution >= 0.6 is 10.1 Å². The zero-order valence-electron chi connectivity index (χ0n) is 2.42. The van der Waals surface area contributed by atoms with E-state index in [1.807, 2.05) is 0 Å². The number of hydrogen-bond acceptors (Lipinski definition) is 0. The van der Waals surface area contributed by atoms with Gasteiger partial charge in [0.05, 0.1) is 0 Å². The SMILES string of the molecule is FC(F)(F)[Se]Cl. The molecule has 0 aromatic heterocycles. The monoisotopic (exact) mass is 184 g/mol. The number of alkyl halides is 3. The van der Waals surface area contributed by atoms with E-state index in [4.69, 9.17) is 0 Å². The second-order valence-corrected chi connectivity index (χ2v) is 2.62. The van der Waals surface area contributed by atoms with Gasteiger partial charge >= 0.3 is 42.4 Å². The summed E-state index contributed by atoms with van der Waals surface area (Å²) in [7, 11) is 4.42. The van der Waals surface area contributed by atoms with Crippen LogP contribution in [0.1, 0.15) is 0 Å². The van der Waals surface area contributed by atoms with E-state index >= 15 is 0 Å². The van der Waals surface area contributed by atoms with Crippen molar-refractivity contribution in [3.05, 3.63) is 0 Å². The van der Waals surface area contributed by atoms with E-state index in [9.17, 15) is 13.2 Å². The van der Waals surface area contributed by atoms with E-state index in [0.29, 0.717) is 0 Å². The first-order chi connectivity index (χ1) is 2.56. The molecule has 0 N–H and O–H groups in total. The summed E-state index contributed by atoms with van der Waals surface area (Å²) in [6.07, 6.45) is 0. The van der Waals surface area contributed by atoms with E-state index in [1.165, 1.54) is 0 Å². The van der Waals surface area contributed by atoms with Crippen molar-refractivity contribution in [2.45, 2.75) is 5.07 Å². The summed E-state index contributed by atoms with van der Waals surface area (Å²) >= 11 is -1.72. The Morgan fingerprint density at radius 3 is 1.50 bits per heavy atom. The fourth-order valence-electron chi connectivity index (χ4n) is 0. The van der Waals surface area contributed by atoms with Crippen LogP contribution in [0.15, 0.2) is 0 Å². The second kappa shape index (κ2) is 2.05. The number of hydrogen-bond donors (Lipinski definition) is 0. The Kier molecular flexibility index (Phi) is 2.26. The van der Waals surface area contributed by atoms with Crippen LogP contribution in [0.4, 0.5) is 13.2 Å². The molecule has 0 aromatic carbocycles. The Labute approximate surface area is 43.0 Å². The Balaban J connectivity index is 3.17. The molecule has 0 saturated carbocycles. The molecule has 0 aliphatic carbocycles. The minimum atomic E-state index is -4.13. The van der Waals surface area contributed by atoms with E-state index in [-0.39, 0.29) is 0 Å². The predicted octanol–water partition coefficient (Wildman–Crippen LogP) is 1.36. The van der Waals surface area contributed by atoms with Crippen molar-refractivity contribution >= 4 is 24.1 Å². The molecule has 0 spiro atoms. The molecule has 0 heterocycles. The van der Waals surface area contributed by atoms with E-state index in [0.717, 1.165) is 0 Å². The van der Waals surface area contributed by atoms with E-state index in [2.05, 4.69) is 10.1 Å². The molecule has 0 bridgehead atoms. The Bertz CT molecular complexity index is 40.5. The summed E-state index contributed by atoms with van der Waals surface area (Å²) in [6.45, 7) is 0. The number of halogens is 4. The van der Waals surface area contributed by atoms with Gasteiger partial charge in [-0.25, -0.2) is 0 Å². The van der Waals surface area contributed by atoms with Gasteiger partial charge in [0.1, 0.15) is 0 Å². The molecular weight excluding hydrogens is 183 g/mol. The Morgan fingerprint density at radius 2 is 1.50 bits per heavy atom. The molecule has 0 fully saturated rings. The van der Waals surface area contributed by atoms with Crippen LogP contribution in [-0.4, -0.2) is 19.1 Å². The van der Waals surface area contributed by atoms with Crippen LogP contribution in [0.2, 0.25) is 0 Å². The van der Waals surface area contributed by atoms with Gasteiger partial charge in [-0.05, 0) is 0 Å². The van der Waals surface area contributed by atoms with Gasteiger partial charge in [0, 0.05) is 0 Å². The first-order valence-electron chi connectivity index (χ1n) is 0.925. The van der Waals surface area contributed by atoms with E-state index < -0.39 is 19.1 Å². The zero-order chi connectivity index (χ0) is 5.21. The first-order valence-corrected chi connectivity index (χ1v) is 4.03. The van der Waals surface area contributed by atoms with Gasteiger partial charge in [-0.2, -0.15) is 0 Å². The maximum atomic E-state index is 10.7. The third-order valence-electron chi connectivity index (χ3n) is 0.0875. The molecule has 0 nitrogen and oxygen atoms in total. The van der Waals surface area contributed by atoms with Crippen molar-refractivity contribution in [1.82, 2.24) is 0 Å². The van der Waals surface area contributed by atoms with Crippen LogP contribution in [0.25, 0.3) is 0 Å². The van der Waals surface area contributed by atoms with Crippen molar-refractivity contribution in [3.8, 4) is 0 Å². The molecule has 0 aliphatic rings. The average Bonchev–Trinajstić information content (AvgIpc) is 1.35. The van der Waals surface area contributed by atoms with Crippen molar-refractivity contribution < 1.29 is 13.2 Å². The van der Waals surface area contributed by atoms with Crippen LogP contribution in [0.5, 0.6) is 0 Å². The minimum absolute atomic E-state index is 1.72. The maximum absolute atomic E-state index is 10.7. The third kappa shape index (κ3) is 4.60. The molecule has 0 aromatic rings. The van der Waals surface area contributed by atoms with Crippen LogP contribution in [0, 0.1) is 0 Å². The molecule has 5 heteroatoms. The summed E-state index contributed by atoms with van der Waals surface area (Å²) < 4.78 is 32.0. The van der Waals surface area contributed by atoms with Crippen molar-refractivity contribution in [2.24, 2.45) is 0 Å². The summed E-state index contributed by atoms with van der Waals surface area (Å²) in [6, 6.07) is 0. The topological polar surface area (TPSA) is 0 Å². The Hall–Kier alpha value is 0.599. The van der Waals surface area contributed by atoms with Crippen molar-refractivity contribution in [3.63, 3.8) is 0 Å². The van der Waals surface area contributed by atoms with Crippen LogP contribution < -0.4 is 0 Å². The molecule has 38 valence electrons. The van der Waals surface area contributed by atoms with Gasteiger partial charge in [-0.15, -0.1) is 0 Å². The third-order valence-corrected chi connectivity index (χ3v) is 1.36. The summed E-state index contributed by atoms with van der Waals surface area (Å²) in [5.41, 5.74) is 0. The summed E-state index contributed by atoms with van der Waals surface area (Å²) in [5.74, 6) is 0. The van der Waals surface area contributed by atoms with Gasteiger partial charge in [0.2, 0.25) is 0 Å². The predicted molar refractivity (Wildman–Crippen MR) is 17.7 cm³/mol. The first kappa shape index (κ1) is 6.60. The molecule has 0 amide bonds. The second-order valence-electron chi connectivity index (χ2n) is 0.523. The summed E-state index contributed by atoms with van der Waals surface area (Å²) in [5, 5.41) is -4.13. The number of rotatable bonds is 0. The molecule has 0 unspecified atom stereocenters. The fraction of sp³-hybridized carbons (Fsp3) is 1.00. The van der Waals surface area contributed by atoms with Gasteiger partial charge in [0.15, 0.2) is 0 Å².